The highest BCUT2D eigenvalue weighted by Crippen LogP contribution is 2.18. The number of likely N-dealkylation sites (tertiary alicyclic amines) is 1. The fraction of sp³-hybridized carbons (Fsp3) is 0.857. The van der Waals surface area contributed by atoms with E-state index in [2.05, 4.69) is 5.32 Å². The molecule has 0 aromatic rings. The number of aliphatic hydroxyl groups is 1. The van der Waals surface area contributed by atoms with Crippen LogP contribution in [0.2, 0.25) is 0 Å². The third-order valence-electron chi connectivity index (χ3n) is 3.62. The maximum Gasteiger partial charge on any atom is 0.319 e. The van der Waals surface area contributed by atoms with Crippen LogP contribution in [0.4, 0.5) is 4.79 Å². The summed E-state index contributed by atoms with van der Waals surface area (Å²) in [5.41, 5.74) is 0. The largest absolute Gasteiger partial charge is 0.393 e. The number of carbonyl (C=O) groups excluding carboxylic acids is 2. The molecule has 0 aromatic heterocycles. The molecule has 20 heavy (non-hydrogen) atoms. The van der Waals surface area contributed by atoms with Crippen LogP contribution in [-0.2, 0) is 4.79 Å². The minimum Gasteiger partial charge on any atom is -0.393 e. The molecule has 2 N–H and O–H groups in total. The summed E-state index contributed by atoms with van der Waals surface area (Å²) >= 11 is 0. The lowest BCUT2D eigenvalue weighted by atomic mass is 9.96. The Morgan fingerprint density at radius 2 is 1.95 bits per heavy atom. The first-order chi connectivity index (χ1) is 9.41. The van der Waals surface area contributed by atoms with Crippen LogP contribution in [0.5, 0.6) is 0 Å². The number of nitrogens with one attached hydrogen (secondary N) is 1. The second-order valence-corrected chi connectivity index (χ2v) is 5.72. The highest BCUT2D eigenvalue weighted by atomic mass is 16.3. The van der Waals surface area contributed by atoms with Crippen molar-refractivity contribution in [3.8, 4) is 0 Å². The van der Waals surface area contributed by atoms with Crippen LogP contribution < -0.4 is 5.32 Å². The Morgan fingerprint density at radius 1 is 1.35 bits per heavy atom. The van der Waals surface area contributed by atoms with Gasteiger partial charge in [0.15, 0.2) is 0 Å². The summed E-state index contributed by atoms with van der Waals surface area (Å²) in [7, 11) is 3.48. The topological polar surface area (TPSA) is 72.9 Å². The summed E-state index contributed by atoms with van der Waals surface area (Å²) in [5, 5.41) is 12.0. The van der Waals surface area contributed by atoms with Gasteiger partial charge in [-0.1, -0.05) is 0 Å². The molecule has 3 amide bonds. The Kier molecular flexibility index (Phi) is 6.78. The van der Waals surface area contributed by atoms with E-state index in [1.165, 1.54) is 0 Å². The third kappa shape index (κ3) is 5.36. The van der Waals surface area contributed by atoms with E-state index < -0.39 is 0 Å². The van der Waals surface area contributed by atoms with Gasteiger partial charge in [-0.25, -0.2) is 4.79 Å². The number of urea groups is 1. The molecule has 1 atom stereocenters. The Balaban J connectivity index is 2.24. The molecule has 1 unspecified atom stereocenters. The zero-order chi connectivity index (χ0) is 15.1. The number of nitrogens with zero attached hydrogens (tertiary/aromatic N) is 2. The molecule has 0 spiro atoms. The lowest BCUT2D eigenvalue weighted by Gasteiger charge is -2.33. The van der Waals surface area contributed by atoms with Crippen molar-refractivity contribution >= 4 is 11.9 Å². The van der Waals surface area contributed by atoms with Gasteiger partial charge in [0.25, 0.3) is 0 Å². The van der Waals surface area contributed by atoms with Crippen molar-refractivity contribution in [1.29, 1.82) is 0 Å². The summed E-state index contributed by atoms with van der Waals surface area (Å²) in [4.78, 5) is 27.1. The number of hydrogen-bond donors (Lipinski definition) is 2. The second kappa shape index (κ2) is 8.09. The summed E-state index contributed by atoms with van der Waals surface area (Å²) in [6, 6.07) is 0.0146. The molecule has 0 bridgehead atoms. The first kappa shape index (κ1) is 16.8. The van der Waals surface area contributed by atoms with Gasteiger partial charge in [-0.05, 0) is 32.6 Å². The molecule has 1 aliphatic heterocycles. The van der Waals surface area contributed by atoms with Crippen molar-refractivity contribution in [1.82, 2.24) is 15.1 Å². The Hall–Kier alpha value is -1.30. The van der Waals surface area contributed by atoms with E-state index in [4.69, 9.17) is 5.11 Å². The lowest BCUT2D eigenvalue weighted by Crippen LogP contribution is -2.46. The van der Waals surface area contributed by atoms with Gasteiger partial charge in [0.1, 0.15) is 0 Å². The molecule has 0 radical (unpaired) electrons. The van der Waals surface area contributed by atoms with Crippen molar-refractivity contribution in [2.75, 3.05) is 33.7 Å². The summed E-state index contributed by atoms with van der Waals surface area (Å²) < 4.78 is 0. The van der Waals surface area contributed by atoms with Gasteiger partial charge >= 0.3 is 6.03 Å². The molecule has 0 saturated carbocycles. The smallest absolute Gasteiger partial charge is 0.319 e. The highest BCUT2D eigenvalue weighted by Gasteiger charge is 2.27. The molecule has 116 valence electrons. The Bertz CT molecular complexity index is 324. The third-order valence-corrected chi connectivity index (χ3v) is 3.62. The predicted molar refractivity (Wildman–Crippen MR) is 77.3 cm³/mol. The monoisotopic (exact) mass is 285 g/mol. The van der Waals surface area contributed by atoms with E-state index in [1.807, 2.05) is 0 Å². The standard InChI is InChI=1S/C14H27N3O3/c1-11(18)5-4-8-15-13(19)12-6-9-17(10-7-12)14(20)16(2)3/h11-12,18H,4-10H2,1-3H3,(H,15,19). The molecule has 1 aliphatic rings. The van der Waals surface area contributed by atoms with Crippen molar-refractivity contribution in [3.63, 3.8) is 0 Å². The van der Waals surface area contributed by atoms with Gasteiger partial charge in [-0.15, -0.1) is 0 Å². The molecular weight excluding hydrogens is 258 g/mol. The number of rotatable bonds is 5. The summed E-state index contributed by atoms with van der Waals surface area (Å²) in [6.07, 6.45) is 2.63. The maximum atomic E-state index is 12.0. The first-order valence-corrected chi connectivity index (χ1v) is 7.33. The van der Waals surface area contributed by atoms with E-state index in [-0.39, 0.29) is 24.0 Å². The molecule has 6 nitrogen and oxygen atoms in total. The SMILES string of the molecule is CC(O)CCCNC(=O)C1CCN(C(=O)N(C)C)CC1. The zero-order valence-corrected chi connectivity index (χ0v) is 12.8. The van der Waals surface area contributed by atoms with Crippen molar-refractivity contribution < 1.29 is 14.7 Å². The number of amides is 3. The van der Waals surface area contributed by atoms with E-state index >= 15 is 0 Å². The van der Waals surface area contributed by atoms with Gasteiger partial charge < -0.3 is 20.2 Å². The fourth-order valence-corrected chi connectivity index (χ4v) is 2.37. The van der Waals surface area contributed by atoms with Crippen LogP contribution in [0.25, 0.3) is 0 Å². The van der Waals surface area contributed by atoms with Crippen LogP contribution in [0.3, 0.4) is 0 Å². The van der Waals surface area contributed by atoms with E-state index in [0.29, 0.717) is 26.1 Å². The average Bonchev–Trinajstić information content (AvgIpc) is 2.42. The van der Waals surface area contributed by atoms with Crippen LogP contribution in [0.15, 0.2) is 0 Å². The van der Waals surface area contributed by atoms with E-state index in [0.717, 1.165) is 19.3 Å². The molecule has 0 aliphatic carbocycles. The molecule has 1 rings (SSSR count). The number of piperidine rings is 1. The minimum absolute atomic E-state index is 0.00719. The quantitative estimate of drug-likeness (QED) is 0.729. The molecule has 1 saturated heterocycles. The minimum atomic E-state index is -0.313. The zero-order valence-electron chi connectivity index (χ0n) is 12.8. The van der Waals surface area contributed by atoms with Gasteiger partial charge in [0.2, 0.25) is 5.91 Å². The first-order valence-electron chi connectivity index (χ1n) is 7.33. The Morgan fingerprint density at radius 3 is 2.45 bits per heavy atom. The van der Waals surface area contributed by atoms with E-state index in [9.17, 15) is 9.59 Å². The molecular formula is C14H27N3O3. The number of aliphatic hydroxyl groups excluding tert-OH is 1. The number of carbonyl (C=O) groups is 2. The molecule has 1 fully saturated rings. The van der Waals surface area contributed by atoms with Gasteiger partial charge in [0.05, 0.1) is 6.10 Å². The van der Waals surface area contributed by atoms with E-state index in [1.54, 1.807) is 30.8 Å². The second-order valence-electron chi connectivity index (χ2n) is 5.72. The molecule has 1 heterocycles. The van der Waals surface area contributed by atoms with Gasteiger partial charge in [-0.3, -0.25) is 4.79 Å². The van der Waals surface area contributed by atoms with Crippen molar-refractivity contribution in [2.45, 2.75) is 38.7 Å². The van der Waals surface area contributed by atoms with Crippen LogP contribution in [0, 0.1) is 5.92 Å². The Labute approximate surface area is 121 Å². The van der Waals surface area contributed by atoms with Gasteiger partial charge in [-0.2, -0.15) is 0 Å². The normalized spacial score (nSPS) is 17.7. The average molecular weight is 285 g/mol. The maximum absolute atomic E-state index is 12.0. The number of hydrogen-bond acceptors (Lipinski definition) is 3. The molecule has 0 aromatic carbocycles. The predicted octanol–water partition coefficient (Wildman–Crippen LogP) is 0.657. The van der Waals surface area contributed by atoms with Crippen LogP contribution in [-0.4, -0.2) is 66.7 Å². The van der Waals surface area contributed by atoms with Crippen molar-refractivity contribution in [2.24, 2.45) is 5.92 Å². The lowest BCUT2D eigenvalue weighted by molar-refractivity contribution is -0.126. The fourth-order valence-electron chi connectivity index (χ4n) is 2.37. The molecule has 6 heteroatoms. The van der Waals surface area contributed by atoms with Crippen LogP contribution in [0.1, 0.15) is 32.6 Å². The van der Waals surface area contributed by atoms with Crippen LogP contribution >= 0.6 is 0 Å². The van der Waals surface area contributed by atoms with Gasteiger partial charge in [0, 0.05) is 39.6 Å². The highest BCUT2D eigenvalue weighted by molar-refractivity contribution is 5.79. The summed E-state index contributed by atoms with van der Waals surface area (Å²) in [5.74, 6) is 0.0836. The van der Waals surface area contributed by atoms with Crippen molar-refractivity contribution in [3.05, 3.63) is 0 Å². The summed E-state index contributed by atoms with van der Waals surface area (Å²) in [6.45, 7) is 3.64.